The maximum Gasteiger partial charge on any atom is 0.238 e. The molecule has 0 fully saturated rings. The van der Waals surface area contributed by atoms with Crippen LogP contribution in [0.15, 0.2) is 170 Å². The van der Waals surface area contributed by atoms with Crippen molar-refractivity contribution in [3.05, 3.63) is 187 Å². The van der Waals surface area contributed by atoms with Gasteiger partial charge in [0.05, 0.1) is 22.3 Å². The van der Waals surface area contributed by atoms with Gasteiger partial charge in [-0.1, -0.05) is 146 Å². The molecule has 0 radical (unpaired) electrons. The average molecular weight is 670 g/mol. The minimum Gasteiger partial charge on any atom is -0.308 e. The molecule has 3 heterocycles. The van der Waals surface area contributed by atoms with E-state index in [2.05, 4.69) is 69.8 Å². The predicted molar refractivity (Wildman–Crippen MR) is 207 cm³/mol. The van der Waals surface area contributed by atoms with Gasteiger partial charge in [-0.25, -0.2) is 4.98 Å². The largest absolute Gasteiger partial charge is 0.308 e. The Balaban J connectivity index is 1.38. The number of hydrogen-bond donors (Lipinski definition) is 0. The molecule has 6 heteroatoms. The van der Waals surface area contributed by atoms with Crippen molar-refractivity contribution >= 4 is 27.6 Å². The highest BCUT2D eigenvalue weighted by Gasteiger charge is 2.38. The number of benzene rings is 6. The monoisotopic (exact) mass is 669 g/mol. The second-order valence-electron chi connectivity index (χ2n) is 13.1. The molecule has 0 saturated heterocycles. The lowest BCUT2D eigenvalue weighted by atomic mass is 9.89. The number of para-hydroxylation sites is 3. The highest BCUT2D eigenvalue weighted by Crippen LogP contribution is 2.50. The molecule has 3 aromatic heterocycles. The van der Waals surface area contributed by atoms with Gasteiger partial charge >= 0.3 is 0 Å². The first kappa shape index (κ1) is 29.9. The summed E-state index contributed by atoms with van der Waals surface area (Å²) in [4.78, 5) is 30.4. The van der Waals surface area contributed by atoms with Crippen LogP contribution < -0.4 is 0 Å². The molecule has 246 valence electrons. The Labute approximate surface area is 300 Å². The van der Waals surface area contributed by atoms with Crippen LogP contribution in [-0.4, -0.2) is 29.9 Å². The number of nitrogens with zero attached hydrogens (tertiary/aromatic N) is 5. The van der Waals surface area contributed by atoms with E-state index in [9.17, 15) is 4.79 Å². The van der Waals surface area contributed by atoms with Crippen LogP contribution in [0.5, 0.6) is 0 Å². The van der Waals surface area contributed by atoms with Crippen LogP contribution in [0, 0.1) is 0 Å². The molecule has 1 atom stereocenters. The minimum atomic E-state index is -0.288. The first-order valence-electron chi connectivity index (χ1n) is 17.5. The van der Waals surface area contributed by atoms with Crippen molar-refractivity contribution in [3.63, 3.8) is 0 Å². The molecule has 0 amide bonds. The van der Waals surface area contributed by atoms with Crippen molar-refractivity contribution in [1.82, 2.24) is 24.1 Å². The SMILES string of the molecule is O=C1CC(c2ccccc2)c2c(c3ccccc3n2-c2nc(-c3ccccc3)nc(-c3ccccc3)n2)-c2c1c1ccccc1n2-c1ccccc1. The molecule has 1 aliphatic carbocycles. The molecule has 0 spiro atoms. The minimum absolute atomic E-state index is 0.104. The fourth-order valence-corrected chi connectivity index (χ4v) is 7.90. The number of fused-ring (bicyclic) bond motifs is 7. The fraction of sp³-hybridized carbons (Fsp3) is 0.0435. The summed E-state index contributed by atoms with van der Waals surface area (Å²) < 4.78 is 4.46. The maximum atomic E-state index is 14.9. The Morgan fingerprint density at radius 2 is 0.962 bits per heavy atom. The zero-order valence-corrected chi connectivity index (χ0v) is 28.1. The van der Waals surface area contributed by atoms with Crippen LogP contribution in [0.3, 0.4) is 0 Å². The molecule has 0 aliphatic heterocycles. The maximum absolute atomic E-state index is 14.9. The smallest absolute Gasteiger partial charge is 0.238 e. The molecule has 52 heavy (non-hydrogen) atoms. The first-order valence-corrected chi connectivity index (χ1v) is 17.5. The molecular formula is C46H31N5O. The van der Waals surface area contributed by atoms with E-state index in [1.165, 1.54) is 0 Å². The summed E-state index contributed by atoms with van der Waals surface area (Å²) in [6.07, 6.45) is 0.283. The van der Waals surface area contributed by atoms with E-state index in [0.29, 0.717) is 17.6 Å². The lowest BCUT2D eigenvalue weighted by Gasteiger charge is -2.21. The van der Waals surface area contributed by atoms with E-state index in [1.54, 1.807) is 0 Å². The first-order chi connectivity index (χ1) is 25.7. The Morgan fingerprint density at radius 3 is 1.56 bits per heavy atom. The highest BCUT2D eigenvalue weighted by molar-refractivity contribution is 6.18. The van der Waals surface area contributed by atoms with Crippen molar-refractivity contribution in [2.75, 3.05) is 0 Å². The standard InChI is InChI=1S/C46H31N5O/c52-39-29-36(30-17-5-1-6-18-30)42-41(43-40(39)34-25-13-15-27-37(34)50(43)33-23-11-4-12-24-33)35-26-14-16-28-38(35)51(42)46-48-44(31-19-7-2-8-20-31)47-45(49-46)32-21-9-3-10-22-32/h1-28,36H,29H2. The molecule has 1 aliphatic rings. The van der Waals surface area contributed by atoms with Crippen molar-refractivity contribution in [3.8, 4) is 45.7 Å². The van der Waals surface area contributed by atoms with Crippen LogP contribution in [0.2, 0.25) is 0 Å². The summed E-state index contributed by atoms with van der Waals surface area (Å²) in [5, 5.41) is 1.97. The van der Waals surface area contributed by atoms with Gasteiger partial charge in [-0.15, -0.1) is 0 Å². The number of carbonyl (C=O) groups excluding carboxylic acids is 1. The Hall–Kier alpha value is -6.92. The summed E-state index contributed by atoms with van der Waals surface area (Å²) in [7, 11) is 0. The summed E-state index contributed by atoms with van der Waals surface area (Å²) in [5.74, 6) is 1.48. The molecule has 1 unspecified atom stereocenters. The highest BCUT2D eigenvalue weighted by atomic mass is 16.1. The summed E-state index contributed by atoms with van der Waals surface area (Å²) >= 11 is 0. The number of ketones is 1. The predicted octanol–water partition coefficient (Wildman–Crippen LogP) is 10.5. The number of Topliss-reactive ketones (excluding diaryl/α,β-unsaturated/α-hetero) is 1. The zero-order valence-electron chi connectivity index (χ0n) is 28.1. The second kappa shape index (κ2) is 12.1. The van der Waals surface area contributed by atoms with E-state index < -0.39 is 0 Å². The van der Waals surface area contributed by atoms with Crippen LogP contribution in [0.1, 0.15) is 34.0 Å². The second-order valence-corrected chi connectivity index (χ2v) is 13.1. The number of carbonyl (C=O) groups is 1. The quantitative estimate of drug-likeness (QED) is 0.183. The summed E-state index contributed by atoms with van der Waals surface area (Å²) in [5.41, 5.74) is 9.41. The van der Waals surface area contributed by atoms with Crippen molar-refractivity contribution in [2.24, 2.45) is 0 Å². The number of aromatic nitrogens is 5. The Bertz CT molecular complexity index is 2710. The number of rotatable bonds is 5. The van der Waals surface area contributed by atoms with Crippen molar-refractivity contribution in [1.29, 1.82) is 0 Å². The summed E-state index contributed by atoms with van der Waals surface area (Å²) in [6, 6.07) is 57.5. The average Bonchev–Trinajstić information content (AvgIpc) is 3.70. The van der Waals surface area contributed by atoms with Gasteiger partial charge in [-0.05, 0) is 29.8 Å². The van der Waals surface area contributed by atoms with E-state index in [1.807, 2.05) is 109 Å². The van der Waals surface area contributed by atoms with Crippen LogP contribution in [0.4, 0.5) is 0 Å². The van der Waals surface area contributed by atoms with Gasteiger partial charge in [-0.3, -0.25) is 9.36 Å². The third-order valence-corrected chi connectivity index (χ3v) is 10.1. The van der Waals surface area contributed by atoms with Crippen LogP contribution in [-0.2, 0) is 0 Å². The van der Waals surface area contributed by atoms with E-state index >= 15 is 0 Å². The molecule has 10 rings (SSSR count). The molecule has 6 nitrogen and oxygen atoms in total. The Morgan fingerprint density at radius 1 is 0.481 bits per heavy atom. The van der Waals surface area contributed by atoms with E-state index in [-0.39, 0.29) is 18.1 Å². The topological polar surface area (TPSA) is 65.6 Å². The van der Waals surface area contributed by atoms with E-state index in [4.69, 9.17) is 15.0 Å². The molecule has 0 N–H and O–H groups in total. The van der Waals surface area contributed by atoms with Crippen molar-refractivity contribution in [2.45, 2.75) is 12.3 Å². The molecule has 6 aromatic carbocycles. The van der Waals surface area contributed by atoms with E-state index in [0.717, 1.165) is 66.7 Å². The van der Waals surface area contributed by atoms with Gasteiger partial charge in [0.1, 0.15) is 0 Å². The zero-order chi connectivity index (χ0) is 34.6. The van der Waals surface area contributed by atoms with Gasteiger partial charge in [0.2, 0.25) is 5.95 Å². The third-order valence-electron chi connectivity index (χ3n) is 10.1. The Kier molecular flexibility index (Phi) is 6.99. The van der Waals surface area contributed by atoms with Crippen molar-refractivity contribution < 1.29 is 4.79 Å². The van der Waals surface area contributed by atoms with Gasteiger partial charge in [0.15, 0.2) is 17.4 Å². The molecule has 9 aromatic rings. The van der Waals surface area contributed by atoms with Gasteiger partial charge in [0, 0.05) is 51.2 Å². The van der Waals surface area contributed by atoms with Gasteiger partial charge in [-0.2, -0.15) is 9.97 Å². The van der Waals surface area contributed by atoms with Gasteiger partial charge in [0.25, 0.3) is 0 Å². The lowest BCUT2D eigenvalue weighted by molar-refractivity contribution is 0.0980. The molecule has 0 saturated carbocycles. The van der Waals surface area contributed by atoms with Crippen LogP contribution >= 0.6 is 0 Å². The van der Waals surface area contributed by atoms with Crippen LogP contribution in [0.25, 0.3) is 67.5 Å². The lowest BCUT2D eigenvalue weighted by Crippen LogP contribution is -2.14. The number of hydrogen-bond acceptors (Lipinski definition) is 4. The third kappa shape index (κ3) is 4.72. The molecule has 0 bridgehead atoms. The molecular weight excluding hydrogens is 639 g/mol. The van der Waals surface area contributed by atoms with Gasteiger partial charge < -0.3 is 4.57 Å². The summed E-state index contributed by atoms with van der Waals surface area (Å²) in [6.45, 7) is 0. The normalized spacial score (nSPS) is 13.9. The fourth-order valence-electron chi connectivity index (χ4n) is 7.90.